The molecule has 5 nitrogen and oxygen atoms in total. The fourth-order valence-electron chi connectivity index (χ4n) is 2.53. The fraction of sp³-hybridized carbons (Fsp3) is 0.714. The van der Waals surface area contributed by atoms with Crippen molar-refractivity contribution in [3.63, 3.8) is 0 Å². The van der Waals surface area contributed by atoms with E-state index in [1.165, 1.54) is 0 Å². The Hall–Kier alpha value is -0.560. The van der Waals surface area contributed by atoms with Gasteiger partial charge in [0.2, 0.25) is 0 Å². The van der Waals surface area contributed by atoms with E-state index in [0.717, 1.165) is 16.8 Å². The zero-order valence-corrected chi connectivity index (χ0v) is 16.1. The molecule has 2 rings (SSSR count). The Morgan fingerprint density at radius 3 is 2.52 bits per heavy atom. The minimum Gasteiger partial charge on any atom is -0.444 e. The van der Waals surface area contributed by atoms with Gasteiger partial charge in [-0.25, -0.2) is 9.78 Å². The lowest BCUT2D eigenvalue weighted by Gasteiger charge is -2.28. The summed E-state index contributed by atoms with van der Waals surface area (Å²) in [5.41, 5.74) is -0.466. The van der Waals surface area contributed by atoms with E-state index >= 15 is 0 Å². The van der Waals surface area contributed by atoms with E-state index in [0.29, 0.717) is 11.1 Å². The minimum atomic E-state index is -0.501. The molecule has 118 valence electrons. The Kier molecular flexibility index (Phi) is 4.46. The first-order chi connectivity index (χ1) is 9.48. The molecule has 1 aromatic rings. The summed E-state index contributed by atoms with van der Waals surface area (Å²) in [6.07, 6.45) is 0.556. The smallest absolute Gasteiger partial charge is 0.410 e. The lowest BCUT2D eigenvalue weighted by atomic mass is 9.90. The standard InChI is InChI=1S/C14H21Br2N3O2/c1-13(2,3)21-12(20)19-7-14(4,5)6-8(19)11-17-9(15)10(16)18-11/h8H,6-7H2,1-5H3,(H,17,18)/t8-/m0/s1. The Bertz CT molecular complexity index is 529. The number of rotatable bonds is 1. The van der Waals surface area contributed by atoms with Gasteiger partial charge in [0.25, 0.3) is 0 Å². The van der Waals surface area contributed by atoms with Gasteiger partial charge in [0, 0.05) is 6.54 Å². The number of aromatic amines is 1. The molecule has 0 radical (unpaired) electrons. The van der Waals surface area contributed by atoms with Crippen LogP contribution in [0.2, 0.25) is 0 Å². The average molecular weight is 423 g/mol. The normalized spacial score (nSPS) is 21.7. The summed E-state index contributed by atoms with van der Waals surface area (Å²) in [7, 11) is 0. The molecule has 1 saturated heterocycles. The molecule has 2 heterocycles. The number of carbonyl (C=O) groups is 1. The Balaban J connectivity index is 2.27. The number of amides is 1. The molecular weight excluding hydrogens is 402 g/mol. The van der Waals surface area contributed by atoms with Crippen LogP contribution < -0.4 is 0 Å². The third-order valence-corrected chi connectivity index (χ3v) is 4.98. The van der Waals surface area contributed by atoms with Crippen LogP contribution >= 0.6 is 31.9 Å². The molecule has 1 fully saturated rings. The van der Waals surface area contributed by atoms with Crippen molar-refractivity contribution in [2.24, 2.45) is 5.41 Å². The van der Waals surface area contributed by atoms with Crippen LogP contribution in [-0.4, -0.2) is 33.1 Å². The van der Waals surface area contributed by atoms with Crippen LogP contribution in [0.5, 0.6) is 0 Å². The number of nitrogens with one attached hydrogen (secondary N) is 1. The van der Waals surface area contributed by atoms with Crippen LogP contribution in [0.15, 0.2) is 9.21 Å². The van der Waals surface area contributed by atoms with Gasteiger partial charge in [-0.1, -0.05) is 13.8 Å². The molecule has 1 aliphatic rings. The monoisotopic (exact) mass is 421 g/mol. The molecule has 0 aromatic carbocycles. The van der Waals surface area contributed by atoms with Crippen molar-refractivity contribution in [1.82, 2.24) is 14.9 Å². The first-order valence-corrected chi connectivity index (χ1v) is 8.48. The van der Waals surface area contributed by atoms with Crippen LogP contribution in [0.3, 0.4) is 0 Å². The summed E-state index contributed by atoms with van der Waals surface area (Å²) in [5.74, 6) is 0.769. The van der Waals surface area contributed by atoms with Crippen LogP contribution in [0.4, 0.5) is 4.79 Å². The zero-order valence-electron chi connectivity index (χ0n) is 13.0. The van der Waals surface area contributed by atoms with E-state index in [1.807, 2.05) is 20.8 Å². The highest BCUT2D eigenvalue weighted by Gasteiger charge is 2.43. The predicted octanol–water partition coefficient (Wildman–Crippen LogP) is 4.64. The lowest BCUT2D eigenvalue weighted by molar-refractivity contribution is 0.0207. The van der Waals surface area contributed by atoms with Crippen molar-refractivity contribution in [3.8, 4) is 0 Å². The van der Waals surface area contributed by atoms with Crippen molar-refractivity contribution < 1.29 is 9.53 Å². The highest BCUT2D eigenvalue weighted by atomic mass is 79.9. The number of carbonyl (C=O) groups excluding carboxylic acids is 1. The first kappa shape index (κ1) is 16.8. The van der Waals surface area contributed by atoms with Gasteiger partial charge in [0.05, 0.1) is 6.04 Å². The second-order valence-electron chi connectivity index (χ2n) is 7.22. The molecule has 1 aliphatic heterocycles. The number of aromatic nitrogens is 2. The van der Waals surface area contributed by atoms with Crippen molar-refractivity contribution in [2.75, 3.05) is 6.54 Å². The number of imidazole rings is 1. The summed E-state index contributed by atoms with van der Waals surface area (Å²) in [6, 6.07) is -0.0996. The Morgan fingerprint density at radius 1 is 1.43 bits per heavy atom. The number of nitrogens with zero attached hydrogens (tertiary/aromatic N) is 2. The average Bonchev–Trinajstić information content (AvgIpc) is 2.77. The third kappa shape index (κ3) is 4.00. The molecule has 1 amide bonds. The molecule has 1 aromatic heterocycles. The fourth-order valence-corrected chi connectivity index (χ4v) is 3.11. The lowest BCUT2D eigenvalue weighted by Crippen LogP contribution is -2.37. The Morgan fingerprint density at radius 2 is 2.05 bits per heavy atom. The predicted molar refractivity (Wildman–Crippen MR) is 88.1 cm³/mol. The summed E-state index contributed by atoms with van der Waals surface area (Å²) < 4.78 is 7.02. The van der Waals surface area contributed by atoms with E-state index in [2.05, 4.69) is 55.7 Å². The van der Waals surface area contributed by atoms with E-state index in [-0.39, 0.29) is 17.6 Å². The van der Waals surface area contributed by atoms with E-state index in [4.69, 9.17) is 4.74 Å². The quantitative estimate of drug-likeness (QED) is 0.716. The molecule has 0 saturated carbocycles. The highest BCUT2D eigenvalue weighted by Crippen LogP contribution is 2.43. The Labute approximate surface area is 142 Å². The molecule has 0 aliphatic carbocycles. The summed E-state index contributed by atoms with van der Waals surface area (Å²) >= 11 is 6.77. The summed E-state index contributed by atoms with van der Waals surface area (Å²) in [5, 5.41) is 0. The van der Waals surface area contributed by atoms with Crippen molar-refractivity contribution in [3.05, 3.63) is 15.0 Å². The molecule has 7 heteroatoms. The van der Waals surface area contributed by atoms with E-state index < -0.39 is 5.60 Å². The molecular formula is C14H21Br2N3O2. The maximum absolute atomic E-state index is 12.5. The number of ether oxygens (including phenoxy) is 1. The minimum absolute atomic E-state index is 0.0350. The molecule has 21 heavy (non-hydrogen) atoms. The van der Waals surface area contributed by atoms with Crippen LogP contribution in [0.25, 0.3) is 0 Å². The third-order valence-electron chi connectivity index (χ3n) is 3.30. The van der Waals surface area contributed by atoms with Crippen LogP contribution in [-0.2, 0) is 4.74 Å². The summed E-state index contributed by atoms with van der Waals surface area (Å²) in [6.45, 7) is 10.6. The number of H-pyrrole nitrogens is 1. The number of hydrogen-bond donors (Lipinski definition) is 1. The van der Waals surface area contributed by atoms with Gasteiger partial charge in [-0.05, 0) is 64.5 Å². The van der Waals surface area contributed by atoms with Crippen molar-refractivity contribution in [1.29, 1.82) is 0 Å². The van der Waals surface area contributed by atoms with Crippen molar-refractivity contribution >= 4 is 38.0 Å². The topological polar surface area (TPSA) is 58.2 Å². The summed E-state index contributed by atoms with van der Waals surface area (Å²) in [4.78, 5) is 21.9. The highest BCUT2D eigenvalue weighted by molar-refractivity contribution is 9.13. The zero-order chi connectivity index (χ0) is 16.0. The first-order valence-electron chi connectivity index (χ1n) is 6.89. The van der Waals surface area contributed by atoms with E-state index in [9.17, 15) is 4.79 Å². The molecule has 0 spiro atoms. The van der Waals surface area contributed by atoms with Gasteiger partial charge in [-0.3, -0.25) is 4.90 Å². The van der Waals surface area contributed by atoms with Gasteiger partial charge in [-0.2, -0.15) is 0 Å². The maximum Gasteiger partial charge on any atom is 0.410 e. The van der Waals surface area contributed by atoms with Crippen molar-refractivity contribution in [2.45, 2.75) is 52.7 Å². The van der Waals surface area contributed by atoms with E-state index in [1.54, 1.807) is 4.90 Å². The molecule has 1 N–H and O–H groups in total. The van der Waals surface area contributed by atoms with Crippen LogP contribution in [0, 0.1) is 5.41 Å². The van der Waals surface area contributed by atoms with Gasteiger partial charge >= 0.3 is 6.09 Å². The second-order valence-corrected chi connectivity index (χ2v) is 8.76. The number of hydrogen-bond acceptors (Lipinski definition) is 3. The second kappa shape index (κ2) is 5.57. The van der Waals surface area contributed by atoms with Gasteiger partial charge in [-0.15, -0.1) is 0 Å². The van der Waals surface area contributed by atoms with Crippen LogP contribution in [0.1, 0.15) is 52.9 Å². The maximum atomic E-state index is 12.5. The largest absolute Gasteiger partial charge is 0.444 e. The van der Waals surface area contributed by atoms with Gasteiger partial charge in [0.1, 0.15) is 20.6 Å². The molecule has 1 atom stereocenters. The van der Waals surface area contributed by atoms with Gasteiger partial charge < -0.3 is 9.72 Å². The number of likely N-dealkylation sites (tertiary alicyclic amines) is 1. The number of halogens is 2. The SMILES string of the molecule is CC1(C)C[C@@H](c2nc(Br)c(Br)[nH]2)N(C(=O)OC(C)(C)C)C1. The van der Waals surface area contributed by atoms with Gasteiger partial charge in [0.15, 0.2) is 0 Å². The molecule has 0 unspecified atom stereocenters. The molecule has 0 bridgehead atoms.